The number of hydrogen-bond acceptors (Lipinski definition) is 3. The van der Waals surface area contributed by atoms with Crippen molar-refractivity contribution >= 4 is 53.2 Å². The number of carboxylic acids is 1. The second-order valence-electron chi connectivity index (χ2n) is 4.97. The van der Waals surface area contributed by atoms with E-state index in [1.165, 1.54) is 0 Å². The minimum atomic E-state index is -0.886. The molecular weight excluding hydrogens is 351 g/mol. The lowest BCUT2D eigenvalue weighted by Gasteiger charge is -2.32. The number of likely N-dealkylation sites (tertiary alicyclic amines) is 1. The van der Waals surface area contributed by atoms with Gasteiger partial charge in [-0.15, -0.1) is 12.4 Å². The lowest BCUT2D eigenvalue weighted by molar-refractivity contribution is -0.145. The fraction of sp³-hybridized carbons (Fsp3) is 0.429. The van der Waals surface area contributed by atoms with Gasteiger partial charge in [-0.05, 0) is 31.5 Å². The van der Waals surface area contributed by atoms with Gasteiger partial charge in [0.25, 0.3) is 0 Å². The van der Waals surface area contributed by atoms with E-state index in [0.29, 0.717) is 23.7 Å². The normalized spacial score (nSPS) is 18.4. The summed E-state index contributed by atoms with van der Waals surface area (Å²) in [4.78, 5) is 24.9. The number of carboxylic acid groups (broad SMARTS) is 1. The van der Waals surface area contributed by atoms with Gasteiger partial charge in [0.05, 0.1) is 22.3 Å². The summed E-state index contributed by atoms with van der Waals surface area (Å²) in [5.41, 5.74) is 0.429. The molecule has 1 aliphatic rings. The number of rotatable bonds is 4. The van der Waals surface area contributed by atoms with E-state index in [0.717, 1.165) is 12.8 Å². The van der Waals surface area contributed by atoms with Gasteiger partial charge in [-0.2, -0.15) is 0 Å². The molecule has 1 unspecified atom stereocenters. The predicted octanol–water partition coefficient (Wildman–Crippen LogP) is 3.29. The molecule has 1 saturated heterocycles. The summed E-state index contributed by atoms with van der Waals surface area (Å²) in [7, 11) is 0. The molecule has 0 aliphatic carbocycles. The number of piperidine rings is 1. The minimum absolute atomic E-state index is 0. The van der Waals surface area contributed by atoms with Crippen LogP contribution in [0.15, 0.2) is 18.2 Å². The van der Waals surface area contributed by atoms with Crippen molar-refractivity contribution in [2.75, 3.05) is 18.4 Å². The number of aliphatic carboxylic acids is 1. The van der Waals surface area contributed by atoms with Gasteiger partial charge in [0, 0.05) is 0 Å². The smallest absolute Gasteiger partial charge is 0.320 e. The van der Waals surface area contributed by atoms with Crippen molar-refractivity contribution in [1.29, 1.82) is 0 Å². The molecule has 22 heavy (non-hydrogen) atoms. The molecule has 0 bridgehead atoms. The Labute approximate surface area is 145 Å². The highest BCUT2D eigenvalue weighted by molar-refractivity contribution is 6.44. The average molecular weight is 368 g/mol. The third-order valence-electron chi connectivity index (χ3n) is 3.47. The maximum atomic E-state index is 12.1. The summed E-state index contributed by atoms with van der Waals surface area (Å²) in [5.74, 6) is -1.18. The SMILES string of the molecule is Cl.O=C(CN1CCCCC1C(=O)O)Nc1cccc(Cl)c1Cl. The van der Waals surface area contributed by atoms with E-state index in [4.69, 9.17) is 23.2 Å². The Kier molecular flexibility index (Phi) is 7.42. The molecule has 1 aliphatic heterocycles. The topological polar surface area (TPSA) is 69.6 Å². The second kappa shape index (κ2) is 8.58. The zero-order chi connectivity index (χ0) is 15.4. The van der Waals surface area contributed by atoms with Gasteiger partial charge in [0.15, 0.2) is 0 Å². The number of nitrogens with zero attached hydrogens (tertiary/aromatic N) is 1. The number of nitrogens with one attached hydrogen (secondary N) is 1. The van der Waals surface area contributed by atoms with Gasteiger partial charge in [-0.1, -0.05) is 35.7 Å². The summed E-state index contributed by atoms with van der Waals surface area (Å²) in [6.07, 6.45) is 2.34. The Hall–Kier alpha value is -1.01. The van der Waals surface area contributed by atoms with Crippen LogP contribution in [0.2, 0.25) is 10.0 Å². The van der Waals surface area contributed by atoms with Crippen molar-refractivity contribution in [2.45, 2.75) is 25.3 Å². The maximum Gasteiger partial charge on any atom is 0.320 e. The summed E-state index contributed by atoms with van der Waals surface area (Å²) < 4.78 is 0. The van der Waals surface area contributed by atoms with Crippen molar-refractivity contribution in [3.8, 4) is 0 Å². The number of amides is 1. The number of anilines is 1. The number of halogens is 3. The molecule has 1 fully saturated rings. The van der Waals surface area contributed by atoms with Gasteiger partial charge in [-0.3, -0.25) is 14.5 Å². The van der Waals surface area contributed by atoms with E-state index >= 15 is 0 Å². The van der Waals surface area contributed by atoms with Crippen LogP contribution in [0, 0.1) is 0 Å². The Morgan fingerprint density at radius 1 is 1.32 bits per heavy atom. The molecule has 5 nitrogen and oxygen atoms in total. The van der Waals surface area contributed by atoms with Crippen LogP contribution in [-0.4, -0.2) is 41.0 Å². The highest BCUT2D eigenvalue weighted by atomic mass is 35.5. The van der Waals surface area contributed by atoms with Crippen LogP contribution < -0.4 is 5.32 Å². The van der Waals surface area contributed by atoms with Gasteiger partial charge in [0.2, 0.25) is 5.91 Å². The highest BCUT2D eigenvalue weighted by Crippen LogP contribution is 2.29. The lowest BCUT2D eigenvalue weighted by atomic mass is 10.0. The molecule has 0 spiro atoms. The first kappa shape index (κ1) is 19.0. The van der Waals surface area contributed by atoms with Crippen LogP contribution >= 0.6 is 35.6 Å². The number of hydrogen-bond donors (Lipinski definition) is 2. The molecule has 1 aromatic carbocycles. The van der Waals surface area contributed by atoms with Crippen LogP contribution in [0.25, 0.3) is 0 Å². The summed E-state index contributed by atoms with van der Waals surface area (Å²) >= 11 is 11.9. The van der Waals surface area contributed by atoms with Crippen LogP contribution in [0.1, 0.15) is 19.3 Å². The molecule has 2 rings (SSSR count). The third kappa shape index (κ3) is 4.74. The monoisotopic (exact) mass is 366 g/mol. The summed E-state index contributed by atoms with van der Waals surface area (Å²) in [6, 6.07) is 4.37. The molecule has 1 aromatic rings. The fourth-order valence-electron chi connectivity index (χ4n) is 2.43. The Morgan fingerprint density at radius 2 is 2.05 bits per heavy atom. The Morgan fingerprint density at radius 3 is 2.73 bits per heavy atom. The van der Waals surface area contributed by atoms with Gasteiger partial charge in [0.1, 0.15) is 6.04 Å². The van der Waals surface area contributed by atoms with Crippen molar-refractivity contribution in [1.82, 2.24) is 4.90 Å². The van der Waals surface area contributed by atoms with E-state index in [1.54, 1.807) is 23.1 Å². The predicted molar refractivity (Wildman–Crippen MR) is 89.2 cm³/mol. The number of carbonyl (C=O) groups excluding carboxylic acids is 1. The molecule has 1 heterocycles. The molecule has 122 valence electrons. The summed E-state index contributed by atoms with van der Waals surface area (Å²) in [5, 5.41) is 12.5. The van der Waals surface area contributed by atoms with Crippen molar-refractivity contribution in [3.05, 3.63) is 28.2 Å². The van der Waals surface area contributed by atoms with Crippen LogP contribution in [-0.2, 0) is 9.59 Å². The second-order valence-corrected chi connectivity index (χ2v) is 5.76. The largest absolute Gasteiger partial charge is 0.480 e. The molecular formula is C14H17Cl3N2O3. The van der Waals surface area contributed by atoms with Crippen molar-refractivity contribution in [3.63, 3.8) is 0 Å². The first-order valence-electron chi connectivity index (χ1n) is 6.69. The molecule has 1 atom stereocenters. The van der Waals surface area contributed by atoms with Gasteiger partial charge < -0.3 is 10.4 Å². The average Bonchev–Trinajstić information content (AvgIpc) is 2.44. The van der Waals surface area contributed by atoms with E-state index in [9.17, 15) is 14.7 Å². The molecule has 8 heteroatoms. The molecule has 1 amide bonds. The molecule has 0 aromatic heterocycles. The van der Waals surface area contributed by atoms with E-state index in [-0.39, 0.29) is 29.9 Å². The highest BCUT2D eigenvalue weighted by Gasteiger charge is 2.29. The Bertz CT molecular complexity index is 554. The standard InChI is InChI=1S/C14H16Cl2N2O3.ClH/c15-9-4-3-5-10(13(9)16)17-12(19)8-18-7-2-1-6-11(18)14(20)21;/h3-5,11H,1-2,6-8H2,(H,17,19)(H,20,21);1H. The third-order valence-corrected chi connectivity index (χ3v) is 4.29. The van der Waals surface area contributed by atoms with Crippen LogP contribution in [0.5, 0.6) is 0 Å². The molecule has 0 saturated carbocycles. The number of benzene rings is 1. The minimum Gasteiger partial charge on any atom is -0.480 e. The van der Waals surface area contributed by atoms with Crippen molar-refractivity contribution < 1.29 is 14.7 Å². The van der Waals surface area contributed by atoms with Gasteiger partial charge >= 0.3 is 5.97 Å². The zero-order valence-electron chi connectivity index (χ0n) is 11.7. The quantitative estimate of drug-likeness (QED) is 0.857. The maximum absolute atomic E-state index is 12.1. The first-order chi connectivity index (χ1) is 9.99. The van der Waals surface area contributed by atoms with E-state index < -0.39 is 12.0 Å². The molecule has 0 radical (unpaired) electrons. The van der Waals surface area contributed by atoms with Crippen LogP contribution in [0.4, 0.5) is 5.69 Å². The number of carbonyl (C=O) groups is 2. The van der Waals surface area contributed by atoms with Crippen molar-refractivity contribution in [2.24, 2.45) is 0 Å². The first-order valence-corrected chi connectivity index (χ1v) is 7.45. The summed E-state index contributed by atoms with van der Waals surface area (Å²) in [6.45, 7) is 0.632. The molecule has 2 N–H and O–H groups in total. The van der Waals surface area contributed by atoms with E-state index in [1.807, 2.05) is 0 Å². The van der Waals surface area contributed by atoms with E-state index in [2.05, 4.69) is 5.32 Å². The van der Waals surface area contributed by atoms with Gasteiger partial charge in [-0.25, -0.2) is 0 Å². The Balaban J connectivity index is 0.00000242. The fourth-order valence-corrected chi connectivity index (χ4v) is 2.78. The lowest BCUT2D eigenvalue weighted by Crippen LogP contribution is -2.47. The zero-order valence-corrected chi connectivity index (χ0v) is 14.0. The van der Waals surface area contributed by atoms with Crippen LogP contribution in [0.3, 0.4) is 0 Å².